The number of aliphatic carboxylic acids is 1. The SMILES string of the molecule is CC(C)[C@H](NC(=O)N1CCN(c2ncccn2)CC1)C(=O)O. The number of piperazine rings is 1. The van der Waals surface area contributed by atoms with Gasteiger partial charge in [-0.15, -0.1) is 0 Å². The number of rotatable bonds is 4. The molecule has 0 unspecified atom stereocenters. The van der Waals surface area contributed by atoms with Crippen molar-refractivity contribution in [2.45, 2.75) is 19.9 Å². The standard InChI is InChI=1S/C14H21N5O3/c1-10(2)11(12(20)21)17-14(22)19-8-6-18(7-9-19)13-15-4-3-5-16-13/h3-5,10-11H,6-9H2,1-2H3,(H,17,22)(H,20,21)/t11-/m0/s1. The molecule has 2 heterocycles. The minimum atomic E-state index is -1.01. The van der Waals surface area contributed by atoms with E-state index in [4.69, 9.17) is 5.11 Å². The fraction of sp³-hybridized carbons (Fsp3) is 0.571. The number of carbonyl (C=O) groups excluding carboxylic acids is 1. The van der Waals surface area contributed by atoms with Gasteiger partial charge in [0.1, 0.15) is 6.04 Å². The van der Waals surface area contributed by atoms with Gasteiger partial charge in [-0.05, 0) is 12.0 Å². The monoisotopic (exact) mass is 307 g/mol. The van der Waals surface area contributed by atoms with E-state index in [1.807, 2.05) is 4.90 Å². The van der Waals surface area contributed by atoms with Crippen molar-refractivity contribution in [2.24, 2.45) is 5.92 Å². The van der Waals surface area contributed by atoms with Crippen LogP contribution in [-0.4, -0.2) is 64.2 Å². The third-order valence-electron chi connectivity index (χ3n) is 3.61. The molecule has 0 spiro atoms. The van der Waals surface area contributed by atoms with Crippen molar-refractivity contribution in [1.82, 2.24) is 20.2 Å². The van der Waals surface area contributed by atoms with Gasteiger partial charge < -0.3 is 20.2 Å². The summed E-state index contributed by atoms with van der Waals surface area (Å²) in [6.07, 6.45) is 3.36. The Labute approximate surface area is 129 Å². The Bertz CT molecular complexity index is 514. The molecule has 2 rings (SSSR count). The molecule has 1 fully saturated rings. The smallest absolute Gasteiger partial charge is 0.326 e. The summed E-state index contributed by atoms with van der Waals surface area (Å²) in [7, 11) is 0. The predicted molar refractivity (Wildman–Crippen MR) is 80.6 cm³/mol. The van der Waals surface area contributed by atoms with E-state index in [0.717, 1.165) is 0 Å². The number of anilines is 1. The molecule has 1 aromatic rings. The fourth-order valence-corrected chi connectivity index (χ4v) is 2.30. The first-order valence-corrected chi connectivity index (χ1v) is 7.29. The van der Waals surface area contributed by atoms with Crippen LogP contribution in [-0.2, 0) is 4.79 Å². The van der Waals surface area contributed by atoms with Gasteiger partial charge in [0, 0.05) is 38.6 Å². The first-order valence-electron chi connectivity index (χ1n) is 7.29. The zero-order valence-corrected chi connectivity index (χ0v) is 12.8. The highest BCUT2D eigenvalue weighted by molar-refractivity contribution is 5.82. The molecule has 0 bridgehead atoms. The molecule has 8 heteroatoms. The van der Waals surface area contributed by atoms with Gasteiger partial charge in [-0.1, -0.05) is 13.8 Å². The van der Waals surface area contributed by atoms with Gasteiger partial charge >= 0.3 is 12.0 Å². The molecule has 0 aromatic carbocycles. The zero-order chi connectivity index (χ0) is 16.1. The number of urea groups is 1. The van der Waals surface area contributed by atoms with Gasteiger partial charge in [-0.2, -0.15) is 0 Å². The van der Waals surface area contributed by atoms with Crippen LogP contribution in [0.25, 0.3) is 0 Å². The second-order valence-corrected chi connectivity index (χ2v) is 5.53. The molecule has 120 valence electrons. The molecular weight excluding hydrogens is 286 g/mol. The number of carboxylic acid groups (broad SMARTS) is 1. The van der Waals surface area contributed by atoms with Gasteiger partial charge in [0.2, 0.25) is 5.95 Å². The van der Waals surface area contributed by atoms with Gasteiger partial charge in [-0.25, -0.2) is 19.6 Å². The summed E-state index contributed by atoms with van der Waals surface area (Å²) in [4.78, 5) is 35.3. The van der Waals surface area contributed by atoms with Crippen molar-refractivity contribution in [3.8, 4) is 0 Å². The van der Waals surface area contributed by atoms with Gasteiger partial charge in [0.25, 0.3) is 0 Å². The van der Waals surface area contributed by atoms with Crippen LogP contribution in [0.1, 0.15) is 13.8 Å². The molecule has 2 amide bonds. The molecule has 0 radical (unpaired) electrons. The van der Waals surface area contributed by atoms with Gasteiger partial charge in [0.15, 0.2) is 0 Å². The molecule has 0 saturated carbocycles. The number of nitrogens with one attached hydrogen (secondary N) is 1. The Morgan fingerprint density at radius 3 is 2.27 bits per heavy atom. The molecule has 1 aromatic heterocycles. The lowest BCUT2D eigenvalue weighted by molar-refractivity contribution is -0.140. The fourth-order valence-electron chi connectivity index (χ4n) is 2.30. The van der Waals surface area contributed by atoms with E-state index < -0.39 is 12.0 Å². The Hall–Kier alpha value is -2.38. The first kappa shape index (κ1) is 16.0. The van der Waals surface area contributed by atoms with Crippen LogP contribution >= 0.6 is 0 Å². The first-order chi connectivity index (χ1) is 10.5. The maximum absolute atomic E-state index is 12.2. The maximum Gasteiger partial charge on any atom is 0.326 e. The van der Waals surface area contributed by atoms with Crippen LogP contribution in [0.5, 0.6) is 0 Å². The summed E-state index contributed by atoms with van der Waals surface area (Å²) < 4.78 is 0. The van der Waals surface area contributed by atoms with E-state index in [0.29, 0.717) is 32.1 Å². The predicted octanol–water partition coefficient (Wildman–Crippen LogP) is 0.417. The summed E-state index contributed by atoms with van der Waals surface area (Å²) in [6, 6.07) is 0.545. The number of nitrogens with zero attached hydrogens (tertiary/aromatic N) is 4. The van der Waals surface area contributed by atoms with Crippen LogP contribution in [0.3, 0.4) is 0 Å². The summed E-state index contributed by atoms with van der Waals surface area (Å²) in [5, 5.41) is 11.7. The summed E-state index contributed by atoms with van der Waals surface area (Å²) in [6.45, 7) is 5.80. The molecule has 0 aliphatic carbocycles. The normalized spacial score (nSPS) is 16.5. The van der Waals surface area contributed by atoms with Crippen molar-refractivity contribution >= 4 is 17.9 Å². The van der Waals surface area contributed by atoms with Crippen molar-refractivity contribution in [1.29, 1.82) is 0 Å². The molecule has 22 heavy (non-hydrogen) atoms. The Balaban J connectivity index is 1.88. The molecular formula is C14H21N5O3. The van der Waals surface area contributed by atoms with Crippen molar-refractivity contribution < 1.29 is 14.7 Å². The molecule has 1 saturated heterocycles. The molecule has 1 aliphatic heterocycles. The van der Waals surface area contributed by atoms with Crippen molar-refractivity contribution in [2.75, 3.05) is 31.1 Å². The zero-order valence-electron chi connectivity index (χ0n) is 12.8. The van der Waals surface area contributed by atoms with Crippen LogP contribution in [0.15, 0.2) is 18.5 Å². The van der Waals surface area contributed by atoms with E-state index in [9.17, 15) is 9.59 Å². The highest BCUT2D eigenvalue weighted by atomic mass is 16.4. The Kier molecular flexibility index (Phi) is 5.13. The number of carboxylic acids is 1. The minimum Gasteiger partial charge on any atom is -0.480 e. The topological polar surface area (TPSA) is 98.7 Å². The summed E-state index contributed by atoms with van der Waals surface area (Å²) in [5.41, 5.74) is 0. The van der Waals surface area contributed by atoms with Gasteiger partial charge in [0.05, 0.1) is 0 Å². The summed E-state index contributed by atoms with van der Waals surface area (Å²) >= 11 is 0. The molecule has 2 N–H and O–H groups in total. The number of aromatic nitrogens is 2. The summed E-state index contributed by atoms with van der Waals surface area (Å²) in [5.74, 6) is -0.534. The van der Waals surface area contributed by atoms with Crippen LogP contribution in [0.4, 0.5) is 10.7 Å². The molecule has 8 nitrogen and oxygen atoms in total. The van der Waals surface area contributed by atoms with E-state index in [2.05, 4.69) is 15.3 Å². The van der Waals surface area contributed by atoms with Crippen molar-refractivity contribution in [3.63, 3.8) is 0 Å². The molecule has 1 aliphatic rings. The number of amides is 2. The highest BCUT2D eigenvalue weighted by Crippen LogP contribution is 2.10. The lowest BCUT2D eigenvalue weighted by Gasteiger charge is -2.35. The van der Waals surface area contributed by atoms with E-state index in [-0.39, 0.29) is 11.9 Å². The van der Waals surface area contributed by atoms with Crippen molar-refractivity contribution in [3.05, 3.63) is 18.5 Å². The Morgan fingerprint density at radius 2 is 1.77 bits per heavy atom. The number of carbonyl (C=O) groups is 2. The van der Waals surface area contributed by atoms with E-state index >= 15 is 0 Å². The van der Waals surface area contributed by atoms with Crippen LogP contribution in [0, 0.1) is 5.92 Å². The minimum absolute atomic E-state index is 0.166. The number of hydrogen-bond donors (Lipinski definition) is 2. The third kappa shape index (κ3) is 3.84. The lowest BCUT2D eigenvalue weighted by atomic mass is 10.1. The van der Waals surface area contributed by atoms with E-state index in [1.165, 1.54) is 0 Å². The van der Waals surface area contributed by atoms with Gasteiger partial charge in [-0.3, -0.25) is 0 Å². The highest BCUT2D eigenvalue weighted by Gasteiger charge is 2.28. The van der Waals surface area contributed by atoms with E-state index in [1.54, 1.807) is 37.2 Å². The van der Waals surface area contributed by atoms with Crippen LogP contribution < -0.4 is 10.2 Å². The quantitative estimate of drug-likeness (QED) is 0.836. The average Bonchev–Trinajstić information content (AvgIpc) is 2.52. The molecule has 1 atom stereocenters. The average molecular weight is 307 g/mol. The lowest BCUT2D eigenvalue weighted by Crippen LogP contribution is -2.55. The second-order valence-electron chi connectivity index (χ2n) is 5.53. The largest absolute Gasteiger partial charge is 0.480 e. The number of hydrogen-bond acceptors (Lipinski definition) is 5. The Morgan fingerprint density at radius 1 is 1.18 bits per heavy atom. The van der Waals surface area contributed by atoms with Crippen LogP contribution in [0.2, 0.25) is 0 Å². The third-order valence-corrected chi connectivity index (χ3v) is 3.61. The maximum atomic E-state index is 12.2. The second kappa shape index (κ2) is 7.06.